The molecule has 122 valence electrons. The highest BCUT2D eigenvalue weighted by atomic mass is 35.5. The zero-order valence-electron chi connectivity index (χ0n) is 12.0. The third-order valence-electron chi connectivity index (χ3n) is 3.29. The second-order valence-corrected chi connectivity index (χ2v) is 5.94. The first-order valence-electron chi connectivity index (χ1n) is 6.85. The van der Waals surface area contributed by atoms with E-state index in [1.165, 1.54) is 18.2 Å². The van der Waals surface area contributed by atoms with Crippen LogP contribution in [0.25, 0.3) is 6.08 Å². The summed E-state index contributed by atoms with van der Waals surface area (Å²) < 4.78 is 43.7. The lowest BCUT2D eigenvalue weighted by molar-refractivity contribution is -0.180. The number of ether oxygens (including phenoxy) is 1. The van der Waals surface area contributed by atoms with Crippen LogP contribution in [-0.2, 0) is 0 Å². The molecule has 0 fully saturated rings. The molecule has 0 spiro atoms. The van der Waals surface area contributed by atoms with E-state index < -0.39 is 12.3 Å². The van der Waals surface area contributed by atoms with E-state index in [0.717, 1.165) is 6.08 Å². The number of hydrogen-bond donors (Lipinski definition) is 0. The highest BCUT2D eigenvalue weighted by Crippen LogP contribution is 2.37. The van der Waals surface area contributed by atoms with E-state index in [-0.39, 0.29) is 5.75 Å². The van der Waals surface area contributed by atoms with E-state index in [4.69, 9.17) is 27.9 Å². The summed E-state index contributed by atoms with van der Waals surface area (Å²) >= 11 is 11.8. The molecule has 0 bridgehead atoms. The summed E-state index contributed by atoms with van der Waals surface area (Å²) in [4.78, 5) is 0. The lowest BCUT2D eigenvalue weighted by atomic mass is 10.0. The van der Waals surface area contributed by atoms with Crippen molar-refractivity contribution >= 4 is 29.3 Å². The Kier molecular flexibility index (Phi) is 4.49. The lowest BCUT2D eigenvalue weighted by Crippen LogP contribution is -2.34. The van der Waals surface area contributed by atoms with Gasteiger partial charge in [0.15, 0.2) is 0 Å². The van der Waals surface area contributed by atoms with Crippen LogP contribution in [0.5, 0.6) is 5.75 Å². The third kappa shape index (κ3) is 3.69. The van der Waals surface area contributed by atoms with Crippen LogP contribution in [0.1, 0.15) is 16.7 Å². The van der Waals surface area contributed by atoms with Gasteiger partial charge in [0.05, 0.1) is 5.56 Å². The first-order chi connectivity index (χ1) is 11.3. The molecule has 1 aliphatic rings. The van der Waals surface area contributed by atoms with Gasteiger partial charge in [-0.15, -0.1) is 0 Å². The smallest absolute Gasteiger partial charge is 0.429 e. The van der Waals surface area contributed by atoms with Crippen LogP contribution in [0.2, 0.25) is 10.0 Å². The van der Waals surface area contributed by atoms with Crippen molar-refractivity contribution in [2.75, 3.05) is 0 Å². The molecule has 0 saturated carbocycles. The van der Waals surface area contributed by atoms with E-state index in [1.807, 2.05) is 0 Å². The highest BCUT2D eigenvalue weighted by Gasteiger charge is 2.41. The Morgan fingerprint density at radius 3 is 2.33 bits per heavy atom. The molecule has 2 aromatic carbocycles. The van der Waals surface area contributed by atoms with Crippen LogP contribution in [0.3, 0.4) is 0 Å². The van der Waals surface area contributed by atoms with Crippen molar-refractivity contribution in [2.24, 2.45) is 0 Å². The van der Waals surface area contributed by atoms with Gasteiger partial charge in [-0.3, -0.25) is 0 Å². The fraction of sp³-hybridized carbons (Fsp3) is 0.111. The van der Waals surface area contributed by atoms with Gasteiger partial charge in [-0.25, -0.2) is 0 Å². The van der Waals surface area contributed by atoms with Crippen LogP contribution < -0.4 is 4.74 Å². The first kappa shape index (κ1) is 16.8. The maximum absolute atomic E-state index is 12.9. The Bertz CT molecular complexity index is 859. The van der Waals surface area contributed by atoms with Crippen molar-refractivity contribution in [3.63, 3.8) is 0 Å². The van der Waals surface area contributed by atoms with Gasteiger partial charge in [0.2, 0.25) is 6.10 Å². The number of rotatable bonds is 0. The van der Waals surface area contributed by atoms with Crippen molar-refractivity contribution < 1.29 is 17.9 Å². The molecule has 3 rings (SSSR count). The zero-order chi connectivity index (χ0) is 17.3. The van der Waals surface area contributed by atoms with Gasteiger partial charge >= 0.3 is 6.18 Å². The zero-order valence-corrected chi connectivity index (χ0v) is 13.5. The monoisotopic (exact) mass is 368 g/mol. The average molecular weight is 369 g/mol. The quantitative estimate of drug-likeness (QED) is 0.539. The van der Waals surface area contributed by atoms with Crippen molar-refractivity contribution in [3.05, 3.63) is 69.2 Å². The van der Waals surface area contributed by atoms with Crippen molar-refractivity contribution in [1.82, 2.24) is 0 Å². The van der Waals surface area contributed by atoms with Crippen LogP contribution in [0.15, 0.2) is 42.5 Å². The number of benzene rings is 2. The molecule has 0 aliphatic carbocycles. The Labute approximate surface area is 146 Å². The minimum absolute atomic E-state index is 0.0747. The molecule has 0 aromatic heterocycles. The normalized spacial score (nSPS) is 16.0. The summed E-state index contributed by atoms with van der Waals surface area (Å²) in [6.45, 7) is 0. The SMILES string of the molecule is FC(F)(F)C1C=Cc2cc(Cl)cc(C#Cc3ccc(Cl)cc3)c2O1. The van der Waals surface area contributed by atoms with E-state index in [0.29, 0.717) is 26.7 Å². The van der Waals surface area contributed by atoms with Gasteiger partial charge in [0, 0.05) is 21.2 Å². The van der Waals surface area contributed by atoms with E-state index in [2.05, 4.69) is 11.8 Å². The molecule has 1 unspecified atom stereocenters. The van der Waals surface area contributed by atoms with Gasteiger partial charge in [-0.05, 0) is 42.5 Å². The third-order valence-corrected chi connectivity index (χ3v) is 3.76. The summed E-state index contributed by atoms with van der Waals surface area (Å²) in [5, 5.41) is 0.940. The fourth-order valence-electron chi connectivity index (χ4n) is 2.17. The molecule has 2 aromatic rings. The second-order valence-electron chi connectivity index (χ2n) is 5.07. The molecule has 24 heavy (non-hydrogen) atoms. The largest absolute Gasteiger partial charge is 0.475 e. The molecule has 1 heterocycles. The van der Waals surface area contributed by atoms with Gasteiger partial charge in [0.1, 0.15) is 5.75 Å². The van der Waals surface area contributed by atoms with E-state index in [1.54, 1.807) is 24.3 Å². The summed E-state index contributed by atoms with van der Waals surface area (Å²) in [6, 6.07) is 9.80. The molecule has 1 aliphatic heterocycles. The van der Waals surface area contributed by atoms with Crippen molar-refractivity contribution in [1.29, 1.82) is 0 Å². The predicted octanol–water partition coefficient (Wildman–Crippen LogP) is 5.73. The Morgan fingerprint density at radius 2 is 1.67 bits per heavy atom. The van der Waals surface area contributed by atoms with Gasteiger partial charge in [-0.1, -0.05) is 41.1 Å². The van der Waals surface area contributed by atoms with Gasteiger partial charge < -0.3 is 4.74 Å². The Morgan fingerprint density at radius 1 is 0.958 bits per heavy atom. The number of halogens is 5. The second kappa shape index (κ2) is 6.43. The Hall–Kier alpha value is -2.09. The van der Waals surface area contributed by atoms with E-state index >= 15 is 0 Å². The molecule has 0 saturated heterocycles. The summed E-state index contributed by atoms with van der Waals surface area (Å²) in [6.07, 6.45) is -4.19. The molecule has 6 heteroatoms. The Balaban J connectivity index is 2.00. The van der Waals surface area contributed by atoms with E-state index in [9.17, 15) is 13.2 Å². The molecule has 0 N–H and O–H groups in total. The lowest BCUT2D eigenvalue weighted by Gasteiger charge is -2.24. The number of alkyl halides is 3. The summed E-state index contributed by atoms with van der Waals surface area (Å²) in [5.41, 5.74) is 1.43. The molecule has 0 amide bonds. The number of hydrogen-bond acceptors (Lipinski definition) is 1. The molecular formula is C18H9Cl2F3O. The van der Waals surface area contributed by atoms with Crippen molar-refractivity contribution in [3.8, 4) is 17.6 Å². The summed E-state index contributed by atoms with van der Waals surface area (Å²) in [5.74, 6) is 5.76. The van der Waals surface area contributed by atoms with Crippen molar-refractivity contribution in [2.45, 2.75) is 12.3 Å². The fourth-order valence-corrected chi connectivity index (χ4v) is 2.52. The molecular weight excluding hydrogens is 360 g/mol. The predicted molar refractivity (Wildman–Crippen MR) is 88.4 cm³/mol. The minimum Gasteiger partial charge on any atom is -0.475 e. The minimum atomic E-state index is -4.49. The van der Waals surface area contributed by atoms with Crippen LogP contribution >= 0.6 is 23.2 Å². The maximum Gasteiger partial charge on any atom is 0.429 e. The van der Waals surface area contributed by atoms with Gasteiger partial charge in [0.25, 0.3) is 0 Å². The average Bonchev–Trinajstić information content (AvgIpc) is 2.52. The maximum atomic E-state index is 12.9. The topological polar surface area (TPSA) is 9.23 Å². The highest BCUT2D eigenvalue weighted by molar-refractivity contribution is 6.31. The van der Waals surface area contributed by atoms with Crippen LogP contribution in [0, 0.1) is 11.8 Å². The first-order valence-corrected chi connectivity index (χ1v) is 7.61. The van der Waals surface area contributed by atoms with Crippen LogP contribution in [0.4, 0.5) is 13.2 Å². The standard InChI is InChI=1S/C18H9Cl2F3O/c19-14-6-2-11(3-7-14)1-4-12-9-15(20)10-13-5-8-16(18(21,22)23)24-17(12)13/h2-3,5-10,16H. The number of fused-ring (bicyclic) bond motifs is 1. The molecule has 1 atom stereocenters. The molecule has 1 nitrogen and oxygen atoms in total. The van der Waals surface area contributed by atoms with Gasteiger partial charge in [-0.2, -0.15) is 13.2 Å². The summed E-state index contributed by atoms with van der Waals surface area (Å²) in [7, 11) is 0. The van der Waals surface area contributed by atoms with Crippen LogP contribution in [-0.4, -0.2) is 12.3 Å². The molecule has 0 radical (unpaired) electrons.